The molecule has 0 aromatic rings. The highest BCUT2D eigenvalue weighted by Crippen LogP contribution is 2.20. The van der Waals surface area contributed by atoms with E-state index in [-0.39, 0.29) is 0 Å². The third-order valence-electron chi connectivity index (χ3n) is 2.94. The van der Waals surface area contributed by atoms with E-state index in [1.54, 1.807) is 0 Å². The molecule has 2 nitrogen and oxygen atoms in total. The minimum absolute atomic E-state index is 0.947. The van der Waals surface area contributed by atoms with Gasteiger partial charge < -0.3 is 5.32 Å². The van der Waals surface area contributed by atoms with Crippen molar-refractivity contribution >= 4 is 0 Å². The van der Waals surface area contributed by atoms with Crippen molar-refractivity contribution in [1.82, 2.24) is 10.2 Å². The van der Waals surface area contributed by atoms with Gasteiger partial charge in [0.15, 0.2) is 0 Å². The van der Waals surface area contributed by atoms with E-state index in [4.69, 9.17) is 0 Å². The summed E-state index contributed by atoms with van der Waals surface area (Å²) in [6, 6.07) is 0. The Balaban J connectivity index is 2.18. The smallest absolute Gasteiger partial charge is 0.0202 e. The molecule has 0 saturated carbocycles. The van der Waals surface area contributed by atoms with Gasteiger partial charge in [-0.15, -0.1) is 0 Å². The summed E-state index contributed by atoms with van der Waals surface area (Å²) in [5, 5.41) is 3.15. The van der Waals surface area contributed by atoms with Crippen molar-refractivity contribution in [2.45, 2.75) is 26.2 Å². The van der Waals surface area contributed by atoms with Crippen LogP contribution in [0.3, 0.4) is 0 Å². The molecular weight excluding hydrogens is 172 g/mol. The maximum absolute atomic E-state index is 4.07. The molecule has 1 rings (SSSR count). The topological polar surface area (TPSA) is 15.3 Å². The fourth-order valence-electron chi connectivity index (χ4n) is 2.32. The zero-order valence-electron chi connectivity index (χ0n) is 9.68. The Bertz CT molecular complexity index is 177. The molecule has 1 fully saturated rings. The van der Waals surface area contributed by atoms with Crippen molar-refractivity contribution in [3.63, 3.8) is 0 Å². The molecule has 2 heteroatoms. The molecule has 82 valence electrons. The molecule has 1 saturated heterocycles. The monoisotopic (exact) mass is 196 g/mol. The van der Waals surface area contributed by atoms with Crippen LogP contribution in [0.2, 0.25) is 0 Å². The first-order valence-corrected chi connectivity index (χ1v) is 5.79. The molecule has 0 aliphatic carbocycles. The van der Waals surface area contributed by atoms with E-state index < -0.39 is 0 Å². The largest absolute Gasteiger partial charge is 0.316 e. The van der Waals surface area contributed by atoms with Crippen molar-refractivity contribution in [2.75, 3.05) is 33.2 Å². The normalized spacial score (nSPS) is 22.9. The summed E-state index contributed by atoms with van der Waals surface area (Å²) >= 11 is 0. The van der Waals surface area contributed by atoms with Crippen molar-refractivity contribution < 1.29 is 0 Å². The summed E-state index contributed by atoms with van der Waals surface area (Å²) in [6.45, 7) is 11.0. The molecule has 14 heavy (non-hydrogen) atoms. The van der Waals surface area contributed by atoms with Crippen molar-refractivity contribution in [3.8, 4) is 0 Å². The second-order valence-electron chi connectivity index (χ2n) is 4.46. The lowest BCUT2D eigenvalue weighted by atomic mass is 10.0. The predicted molar refractivity (Wildman–Crippen MR) is 62.5 cm³/mol. The van der Waals surface area contributed by atoms with Crippen LogP contribution >= 0.6 is 0 Å². The van der Waals surface area contributed by atoms with Gasteiger partial charge in [0.05, 0.1) is 0 Å². The van der Waals surface area contributed by atoms with Gasteiger partial charge in [-0.1, -0.05) is 19.9 Å². The van der Waals surface area contributed by atoms with Gasteiger partial charge in [-0.05, 0) is 37.9 Å². The third-order valence-corrected chi connectivity index (χ3v) is 2.94. The molecule has 0 amide bonds. The van der Waals surface area contributed by atoms with Crippen molar-refractivity contribution in [1.29, 1.82) is 0 Å². The van der Waals surface area contributed by atoms with E-state index >= 15 is 0 Å². The SMILES string of the molecule is C=C(CNC)CN1CCC(CCC)C1. The number of hydrogen-bond acceptors (Lipinski definition) is 2. The average Bonchev–Trinajstić information content (AvgIpc) is 2.53. The second kappa shape index (κ2) is 6.20. The fraction of sp³-hybridized carbons (Fsp3) is 0.833. The van der Waals surface area contributed by atoms with Crippen LogP contribution in [0.5, 0.6) is 0 Å². The molecule has 1 heterocycles. The summed E-state index contributed by atoms with van der Waals surface area (Å²) in [7, 11) is 1.98. The van der Waals surface area contributed by atoms with E-state index in [0.29, 0.717) is 0 Å². The molecule has 1 unspecified atom stereocenters. The van der Waals surface area contributed by atoms with Gasteiger partial charge in [0, 0.05) is 19.6 Å². The number of nitrogens with one attached hydrogen (secondary N) is 1. The van der Waals surface area contributed by atoms with Gasteiger partial charge in [0.2, 0.25) is 0 Å². The summed E-state index contributed by atoms with van der Waals surface area (Å²) < 4.78 is 0. The summed E-state index contributed by atoms with van der Waals surface area (Å²) in [5.74, 6) is 0.947. The maximum atomic E-state index is 4.07. The predicted octanol–water partition coefficient (Wildman–Crippen LogP) is 1.88. The minimum atomic E-state index is 0.947. The molecule has 1 N–H and O–H groups in total. The van der Waals surface area contributed by atoms with Crippen LogP contribution in [-0.4, -0.2) is 38.1 Å². The van der Waals surface area contributed by atoms with Gasteiger partial charge in [0.1, 0.15) is 0 Å². The van der Waals surface area contributed by atoms with Crippen molar-refractivity contribution in [3.05, 3.63) is 12.2 Å². The average molecular weight is 196 g/mol. The van der Waals surface area contributed by atoms with Crippen LogP contribution in [-0.2, 0) is 0 Å². The molecule has 0 spiro atoms. The quantitative estimate of drug-likeness (QED) is 0.653. The van der Waals surface area contributed by atoms with Gasteiger partial charge >= 0.3 is 0 Å². The minimum Gasteiger partial charge on any atom is -0.316 e. The van der Waals surface area contributed by atoms with Gasteiger partial charge in [-0.3, -0.25) is 4.90 Å². The summed E-state index contributed by atoms with van der Waals surface area (Å²) in [6.07, 6.45) is 4.12. The first-order chi connectivity index (χ1) is 6.76. The standard InChI is InChI=1S/C12H24N2/c1-4-5-12-6-7-14(10-12)9-11(2)8-13-3/h12-13H,2,4-10H2,1,3H3. The highest BCUT2D eigenvalue weighted by Gasteiger charge is 2.21. The molecule has 0 aromatic heterocycles. The van der Waals surface area contributed by atoms with Crippen LogP contribution in [0.25, 0.3) is 0 Å². The Labute approximate surface area is 88.4 Å². The van der Waals surface area contributed by atoms with Crippen molar-refractivity contribution in [2.24, 2.45) is 5.92 Å². The molecule has 0 aromatic carbocycles. The molecule has 0 radical (unpaired) electrons. The first-order valence-electron chi connectivity index (χ1n) is 5.79. The highest BCUT2D eigenvalue weighted by molar-refractivity contribution is 5.00. The number of nitrogens with zero attached hydrogens (tertiary/aromatic N) is 1. The lowest BCUT2D eigenvalue weighted by Crippen LogP contribution is -2.26. The Hall–Kier alpha value is -0.340. The number of rotatable bonds is 6. The third kappa shape index (κ3) is 3.81. The van der Waals surface area contributed by atoms with Gasteiger partial charge in [0.25, 0.3) is 0 Å². The van der Waals surface area contributed by atoms with Crippen LogP contribution in [0.15, 0.2) is 12.2 Å². The summed E-state index contributed by atoms with van der Waals surface area (Å²) in [4.78, 5) is 2.54. The molecule has 1 aliphatic heterocycles. The Morgan fingerprint density at radius 1 is 1.57 bits per heavy atom. The van der Waals surface area contributed by atoms with Crippen LogP contribution in [0.4, 0.5) is 0 Å². The second-order valence-corrected chi connectivity index (χ2v) is 4.46. The number of likely N-dealkylation sites (tertiary alicyclic amines) is 1. The lowest BCUT2D eigenvalue weighted by Gasteiger charge is -2.17. The van der Waals surface area contributed by atoms with E-state index in [1.807, 2.05) is 7.05 Å². The molecule has 1 aliphatic rings. The van der Waals surface area contributed by atoms with E-state index in [1.165, 1.54) is 37.9 Å². The number of likely N-dealkylation sites (N-methyl/N-ethyl adjacent to an activating group) is 1. The lowest BCUT2D eigenvalue weighted by molar-refractivity contribution is 0.344. The van der Waals surface area contributed by atoms with Gasteiger partial charge in [-0.25, -0.2) is 0 Å². The Morgan fingerprint density at radius 2 is 2.36 bits per heavy atom. The fourth-order valence-corrected chi connectivity index (χ4v) is 2.32. The maximum Gasteiger partial charge on any atom is 0.0202 e. The zero-order valence-corrected chi connectivity index (χ0v) is 9.68. The molecule has 1 atom stereocenters. The van der Waals surface area contributed by atoms with E-state index in [9.17, 15) is 0 Å². The molecule has 0 bridgehead atoms. The zero-order chi connectivity index (χ0) is 10.4. The Kier molecular flexibility index (Phi) is 5.20. The van der Waals surface area contributed by atoms with E-state index in [0.717, 1.165) is 19.0 Å². The Morgan fingerprint density at radius 3 is 3.00 bits per heavy atom. The summed E-state index contributed by atoms with van der Waals surface area (Å²) in [5.41, 5.74) is 1.31. The van der Waals surface area contributed by atoms with Crippen LogP contribution < -0.4 is 5.32 Å². The highest BCUT2D eigenvalue weighted by atomic mass is 15.1. The van der Waals surface area contributed by atoms with Gasteiger partial charge in [-0.2, -0.15) is 0 Å². The first kappa shape index (κ1) is 11.7. The molecular formula is C12H24N2. The van der Waals surface area contributed by atoms with E-state index in [2.05, 4.69) is 23.7 Å². The van der Waals surface area contributed by atoms with Crippen LogP contribution in [0, 0.1) is 5.92 Å². The number of hydrogen-bond donors (Lipinski definition) is 1. The van der Waals surface area contributed by atoms with Crippen LogP contribution in [0.1, 0.15) is 26.2 Å².